The Hall–Kier alpha value is -1.12. The topological polar surface area (TPSA) is 9.23 Å². The first kappa shape index (κ1) is 13.9. The lowest BCUT2D eigenvalue weighted by Gasteiger charge is -2.26. The fourth-order valence-electron chi connectivity index (χ4n) is 1.78. The molecule has 0 aliphatic carbocycles. The van der Waals surface area contributed by atoms with Gasteiger partial charge in [-0.05, 0) is 29.5 Å². The van der Waals surface area contributed by atoms with Gasteiger partial charge in [-0.1, -0.05) is 45.7 Å². The van der Waals surface area contributed by atoms with Gasteiger partial charge >= 0.3 is 6.61 Å². The number of hydrogen-bond donors (Lipinski definition) is 0. The Labute approximate surface area is 102 Å². The molecule has 1 aromatic carbocycles. The molecule has 3 heteroatoms. The molecule has 1 nitrogen and oxygen atoms in total. The predicted molar refractivity (Wildman–Crippen MR) is 65.5 cm³/mol. The number of ether oxygens (including phenoxy) is 1. The molecule has 0 aromatic heterocycles. The van der Waals surface area contributed by atoms with Gasteiger partial charge < -0.3 is 4.74 Å². The van der Waals surface area contributed by atoms with Crippen molar-refractivity contribution in [3.05, 3.63) is 29.8 Å². The fourth-order valence-corrected chi connectivity index (χ4v) is 1.78. The van der Waals surface area contributed by atoms with Gasteiger partial charge in [0.15, 0.2) is 0 Å². The SMILES string of the molecule is CCC(C)(CC)Cc1ccc(OC(F)F)cc1. The van der Waals surface area contributed by atoms with E-state index in [4.69, 9.17) is 0 Å². The number of halogens is 2. The summed E-state index contributed by atoms with van der Waals surface area (Å²) in [4.78, 5) is 0. The molecule has 0 aliphatic rings. The molecule has 0 saturated heterocycles. The molecule has 0 fully saturated rings. The quantitative estimate of drug-likeness (QED) is 0.705. The van der Waals surface area contributed by atoms with Crippen LogP contribution < -0.4 is 4.74 Å². The minimum atomic E-state index is -2.75. The summed E-state index contributed by atoms with van der Waals surface area (Å²) in [5.74, 6) is 0.221. The Bertz CT molecular complexity index is 329. The number of alkyl halides is 2. The third-order valence-electron chi connectivity index (χ3n) is 3.49. The van der Waals surface area contributed by atoms with Crippen molar-refractivity contribution in [3.63, 3.8) is 0 Å². The summed E-state index contributed by atoms with van der Waals surface area (Å²) in [7, 11) is 0. The van der Waals surface area contributed by atoms with E-state index in [0.717, 1.165) is 24.8 Å². The fraction of sp³-hybridized carbons (Fsp3) is 0.571. The largest absolute Gasteiger partial charge is 0.435 e. The van der Waals surface area contributed by atoms with Crippen LogP contribution in [0.2, 0.25) is 0 Å². The Morgan fingerprint density at radius 2 is 1.65 bits per heavy atom. The smallest absolute Gasteiger partial charge is 0.387 e. The molecule has 0 heterocycles. The minimum Gasteiger partial charge on any atom is -0.435 e. The van der Waals surface area contributed by atoms with E-state index >= 15 is 0 Å². The van der Waals surface area contributed by atoms with Crippen molar-refractivity contribution in [2.75, 3.05) is 0 Å². The van der Waals surface area contributed by atoms with E-state index in [1.807, 2.05) is 12.1 Å². The summed E-state index contributed by atoms with van der Waals surface area (Å²) >= 11 is 0. The normalized spacial score (nSPS) is 11.9. The molecule has 0 bridgehead atoms. The summed E-state index contributed by atoms with van der Waals surface area (Å²) in [5, 5.41) is 0. The van der Waals surface area contributed by atoms with E-state index in [0.29, 0.717) is 0 Å². The standard InChI is InChI=1S/C14H20F2O/c1-4-14(3,5-2)10-11-6-8-12(9-7-11)17-13(15)16/h6-9,13H,4-5,10H2,1-3H3. The van der Waals surface area contributed by atoms with E-state index in [2.05, 4.69) is 25.5 Å². The number of benzene rings is 1. The third-order valence-corrected chi connectivity index (χ3v) is 3.49. The van der Waals surface area contributed by atoms with E-state index in [1.165, 1.54) is 0 Å². The van der Waals surface area contributed by atoms with Crippen LogP contribution in [0.3, 0.4) is 0 Å². The van der Waals surface area contributed by atoms with Gasteiger partial charge in [-0.25, -0.2) is 0 Å². The average Bonchev–Trinajstić information content (AvgIpc) is 2.31. The van der Waals surface area contributed by atoms with Crippen LogP contribution in [0.1, 0.15) is 39.2 Å². The summed E-state index contributed by atoms with van der Waals surface area (Å²) in [6.45, 7) is 3.85. The van der Waals surface area contributed by atoms with E-state index < -0.39 is 6.61 Å². The Kier molecular flexibility index (Phi) is 4.91. The van der Waals surface area contributed by atoms with E-state index in [-0.39, 0.29) is 11.2 Å². The average molecular weight is 242 g/mol. The third kappa shape index (κ3) is 4.33. The van der Waals surface area contributed by atoms with Crippen molar-refractivity contribution in [2.45, 2.75) is 46.6 Å². The summed E-state index contributed by atoms with van der Waals surface area (Å²) in [5.41, 5.74) is 1.45. The lowest BCUT2D eigenvalue weighted by atomic mass is 9.79. The zero-order chi connectivity index (χ0) is 12.9. The maximum Gasteiger partial charge on any atom is 0.387 e. The maximum absolute atomic E-state index is 12.0. The minimum absolute atomic E-state index is 0.221. The van der Waals surface area contributed by atoms with Gasteiger partial charge in [-0.15, -0.1) is 0 Å². The molecule has 0 amide bonds. The Balaban J connectivity index is 2.68. The van der Waals surface area contributed by atoms with Crippen LogP contribution in [0.15, 0.2) is 24.3 Å². The van der Waals surface area contributed by atoms with Crippen LogP contribution in [-0.2, 0) is 6.42 Å². The van der Waals surface area contributed by atoms with Gasteiger partial charge in [-0.3, -0.25) is 0 Å². The van der Waals surface area contributed by atoms with Crippen molar-refractivity contribution >= 4 is 0 Å². The highest BCUT2D eigenvalue weighted by Crippen LogP contribution is 2.30. The summed E-state index contributed by atoms with van der Waals surface area (Å²) in [6.07, 6.45) is 3.19. The Morgan fingerprint density at radius 1 is 1.12 bits per heavy atom. The molecular weight excluding hydrogens is 222 g/mol. The zero-order valence-corrected chi connectivity index (χ0v) is 10.7. The van der Waals surface area contributed by atoms with E-state index in [1.54, 1.807) is 12.1 Å². The molecule has 17 heavy (non-hydrogen) atoms. The lowest BCUT2D eigenvalue weighted by Crippen LogP contribution is -2.17. The van der Waals surface area contributed by atoms with Crippen LogP contribution >= 0.6 is 0 Å². The first-order valence-electron chi connectivity index (χ1n) is 6.03. The Morgan fingerprint density at radius 3 is 2.06 bits per heavy atom. The molecule has 1 aromatic rings. The highest BCUT2D eigenvalue weighted by Gasteiger charge is 2.19. The van der Waals surface area contributed by atoms with Crippen LogP contribution in [0, 0.1) is 5.41 Å². The zero-order valence-electron chi connectivity index (χ0n) is 10.7. The molecule has 0 atom stereocenters. The van der Waals surface area contributed by atoms with Crippen molar-refractivity contribution in [3.8, 4) is 5.75 Å². The first-order chi connectivity index (χ1) is 7.99. The number of rotatable bonds is 6. The van der Waals surface area contributed by atoms with Gasteiger partial charge in [-0.2, -0.15) is 8.78 Å². The predicted octanol–water partition coefficient (Wildman–Crippen LogP) is 4.66. The number of hydrogen-bond acceptors (Lipinski definition) is 1. The second kappa shape index (κ2) is 5.99. The van der Waals surface area contributed by atoms with Crippen LogP contribution in [0.5, 0.6) is 5.75 Å². The second-order valence-corrected chi connectivity index (χ2v) is 4.72. The molecule has 96 valence electrons. The van der Waals surface area contributed by atoms with Crippen LogP contribution in [0.4, 0.5) is 8.78 Å². The van der Waals surface area contributed by atoms with Crippen molar-refractivity contribution in [1.82, 2.24) is 0 Å². The van der Waals surface area contributed by atoms with Gasteiger partial charge in [0.25, 0.3) is 0 Å². The van der Waals surface area contributed by atoms with E-state index in [9.17, 15) is 8.78 Å². The first-order valence-corrected chi connectivity index (χ1v) is 6.03. The van der Waals surface area contributed by atoms with Gasteiger partial charge in [0.05, 0.1) is 0 Å². The highest BCUT2D eigenvalue weighted by molar-refractivity contribution is 5.27. The second-order valence-electron chi connectivity index (χ2n) is 4.72. The highest BCUT2D eigenvalue weighted by atomic mass is 19.3. The van der Waals surface area contributed by atoms with Crippen molar-refractivity contribution in [2.24, 2.45) is 5.41 Å². The molecular formula is C14H20F2O. The molecule has 0 unspecified atom stereocenters. The van der Waals surface area contributed by atoms with Gasteiger partial charge in [0.1, 0.15) is 5.75 Å². The molecule has 0 aliphatic heterocycles. The molecule has 0 saturated carbocycles. The van der Waals surface area contributed by atoms with Crippen molar-refractivity contribution < 1.29 is 13.5 Å². The van der Waals surface area contributed by atoms with Crippen LogP contribution in [0.25, 0.3) is 0 Å². The van der Waals surface area contributed by atoms with Gasteiger partial charge in [0, 0.05) is 0 Å². The molecule has 0 spiro atoms. The molecule has 1 rings (SSSR count). The van der Waals surface area contributed by atoms with Crippen molar-refractivity contribution in [1.29, 1.82) is 0 Å². The lowest BCUT2D eigenvalue weighted by molar-refractivity contribution is -0.0498. The summed E-state index contributed by atoms with van der Waals surface area (Å²) in [6, 6.07) is 6.93. The maximum atomic E-state index is 12.0. The molecule has 0 N–H and O–H groups in total. The monoisotopic (exact) mass is 242 g/mol. The molecule has 0 radical (unpaired) electrons. The van der Waals surface area contributed by atoms with Crippen LogP contribution in [-0.4, -0.2) is 6.61 Å². The van der Waals surface area contributed by atoms with Gasteiger partial charge in [0.2, 0.25) is 0 Å². The summed E-state index contributed by atoms with van der Waals surface area (Å²) < 4.78 is 28.3.